The number of nitrogen functional groups attached to an aromatic ring is 1. The van der Waals surface area contributed by atoms with E-state index in [1.54, 1.807) is 14.0 Å². The highest BCUT2D eigenvalue weighted by Gasteiger charge is 2.24. The predicted octanol–water partition coefficient (Wildman–Crippen LogP) is 4.93. The number of aromatic nitrogens is 1. The Hall–Kier alpha value is -3.54. The zero-order chi connectivity index (χ0) is 21.0. The van der Waals surface area contributed by atoms with Crippen molar-refractivity contribution in [3.05, 3.63) is 65.4 Å². The molecule has 0 bridgehead atoms. The number of aryl methyl sites for hydroxylation is 1. The maximum absolute atomic E-state index is 12.4. The average Bonchev–Trinajstić information content (AvgIpc) is 2.71. The molecule has 150 valence electrons. The van der Waals surface area contributed by atoms with Crippen molar-refractivity contribution >= 4 is 11.7 Å². The molecule has 0 atom stereocenters. The lowest BCUT2D eigenvalue weighted by Crippen LogP contribution is -2.11. The van der Waals surface area contributed by atoms with Crippen LogP contribution < -0.4 is 15.2 Å². The molecule has 0 fully saturated rings. The first-order valence-corrected chi connectivity index (χ1v) is 9.31. The van der Waals surface area contributed by atoms with Gasteiger partial charge in [-0.1, -0.05) is 24.3 Å². The minimum Gasteiger partial charge on any atom is -0.496 e. The minimum atomic E-state index is -0.525. The second-order valence-corrected chi connectivity index (χ2v) is 6.49. The lowest BCUT2D eigenvalue weighted by Gasteiger charge is -2.19. The Kier molecular flexibility index (Phi) is 6.02. The van der Waals surface area contributed by atoms with Gasteiger partial charge in [-0.15, -0.1) is 0 Å². The third-order valence-electron chi connectivity index (χ3n) is 4.63. The summed E-state index contributed by atoms with van der Waals surface area (Å²) in [5.41, 5.74) is 10.1. The largest absolute Gasteiger partial charge is 0.496 e. The van der Waals surface area contributed by atoms with E-state index in [2.05, 4.69) is 4.98 Å². The fourth-order valence-electron chi connectivity index (χ4n) is 3.23. The van der Waals surface area contributed by atoms with Crippen LogP contribution in [-0.4, -0.2) is 24.7 Å². The first-order chi connectivity index (χ1) is 14.0. The Morgan fingerprint density at radius 2 is 1.79 bits per heavy atom. The lowest BCUT2D eigenvalue weighted by molar-refractivity contribution is 0.0527. The zero-order valence-corrected chi connectivity index (χ0v) is 17.0. The molecule has 0 spiro atoms. The molecule has 0 aliphatic rings. The molecule has 6 heteroatoms. The fraction of sp³-hybridized carbons (Fsp3) is 0.217. The summed E-state index contributed by atoms with van der Waals surface area (Å²) in [7, 11) is 1.61. The third kappa shape index (κ3) is 4.01. The maximum atomic E-state index is 12.4. The Morgan fingerprint density at radius 3 is 2.45 bits per heavy atom. The Morgan fingerprint density at radius 1 is 1.07 bits per heavy atom. The van der Waals surface area contributed by atoms with Crippen molar-refractivity contribution in [3.8, 4) is 28.5 Å². The summed E-state index contributed by atoms with van der Waals surface area (Å²) in [5, 5.41) is 0. The molecule has 3 aromatic rings. The van der Waals surface area contributed by atoms with E-state index in [4.69, 9.17) is 19.9 Å². The van der Waals surface area contributed by atoms with Gasteiger partial charge in [0.1, 0.15) is 17.1 Å². The number of hydrogen-bond acceptors (Lipinski definition) is 6. The zero-order valence-electron chi connectivity index (χ0n) is 17.0. The predicted molar refractivity (Wildman–Crippen MR) is 113 cm³/mol. The topological polar surface area (TPSA) is 83.7 Å². The Bertz CT molecular complexity index is 1030. The van der Waals surface area contributed by atoms with Gasteiger partial charge >= 0.3 is 5.97 Å². The van der Waals surface area contributed by atoms with E-state index in [1.807, 2.05) is 56.3 Å². The number of benzene rings is 2. The molecule has 0 amide bonds. The van der Waals surface area contributed by atoms with E-state index in [1.165, 1.54) is 6.20 Å². The smallest absolute Gasteiger partial charge is 0.341 e. The Labute approximate surface area is 170 Å². The van der Waals surface area contributed by atoms with Crippen molar-refractivity contribution in [2.45, 2.75) is 20.8 Å². The van der Waals surface area contributed by atoms with Gasteiger partial charge in [0.2, 0.25) is 5.88 Å². The van der Waals surface area contributed by atoms with Crippen LogP contribution in [-0.2, 0) is 4.74 Å². The second-order valence-electron chi connectivity index (χ2n) is 6.49. The lowest BCUT2D eigenvalue weighted by atomic mass is 9.93. The van der Waals surface area contributed by atoms with Crippen LogP contribution in [0.25, 0.3) is 11.1 Å². The first-order valence-electron chi connectivity index (χ1n) is 9.31. The molecule has 0 radical (unpaired) electrons. The Balaban J connectivity index is 2.27. The molecule has 0 aliphatic heterocycles. The van der Waals surface area contributed by atoms with Gasteiger partial charge in [0.05, 0.1) is 25.0 Å². The SMILES string of the molecule is CCOC(=O)c1cnc(Oc2ccccc2)c(-c2c(C)ccc(OC)c2C)c1N. The van der Waals surface area contributed by atoms with Crippen LogP contribution in [0.3, 0.4) is 0 Å². The second kappa shape index (κ2) is 8.65. The maximum Gasteiger partial charge on any atom is 0.341 e. The molecule has 1 heterocycles. The van der Waals surface area contributed by atoms with Gasteiger partial charge in [0, 0.05) is 6.20 Å². The number of carbonyl (C=O) groups excluding carboxylic acids is 1. The average molecular weight is 392 g/mol. The number of ether oxygens (including phenoxy) is 3. The number of nitrogens with zero attached hydrogens (tertiary/aromatic N) is 1. The van der Waals surface area contributed by atoms with E-state index >= 15 is 0 Å². The van der Waals surface area contributed by atoms with Gasteiger partial charge < -0.3 is 19.9 Å². The molecule has 2 N–H and O–H groups in total. The quantitative estimate of drug-likeness (QED) is 0.599. The molecule has 0 aliphatic carbocycles. The van der Waals surface area contributed by atoms with Gasteiger partial charge in [0.25, 0.3) is 0 Å². The number of nitrogens with two attached hydrogens (primary N) is 1. The molecule has 29 heavy (non-hydrogen) atoms. The number of anilines is 1. The van der Waals surface area contributed by atoms with Crippen LogP contribution >= 0.6 is 0 Å². The van der Waals surface area contributed by atoms with Crippen LogP contribution in [0.15, 0.2) is 48.7 Å². The van der Waals surface area contributed by atoms with Crippen LogP contribution in [0, 0.1) is 13.8 Å². The number of pyridine rings is 1. The fourth-order valence-corrected chi connectivity index (χ4v) is 3.23. The van der Waals surface area contributed by atoms with Gasteiger partial charge in [-0.25, -0.2) is 9.78 Å². The summed E-state index contributed by atoms with van der Waals surface area (Å²) < 4.78 is 16.7. The summed E-state index contributed by atoms with van der Waals surface area (Å²) in [6, 6.07) is 13.1. The van der Waals surface area contributed by atoms with Gasteiger partial charge in [-0.2, -0.15) is 0 Å². The number of hydrogen-bond donors (Lipinski definition) is 1. The molecule has 0 saturated heterocycles. The number of rotatable bonds is 6. The highest BCUT2D eigenvalue weighted by molar-refractivity contribution is 6.01. The van der Waals surface area contributed by atoms with Crippen molar-refractivity contribution in [3.63, 3.8) is 0 Å². The molecular formula is C23H24N2O4. The van der Waals surface area contributed by atoms with Crippen molar-refractivity contribution in [2.24, 2.45) is 0 Å². The van der Waals surface area contributed by atoms with Crippen LogP contribution in [0.4, 0.5) is 5.69 Å². The minimum absolute atomic E-state index is 0.198. The number of esters is 1. The molecular weight excluding hydrogens is 368 g/mol. The van der Waals surface area contributed by atoms with Crippen LogP contribution in [0.2, 0.25) is 0 Å². The first kappa shape index (κ1) is 20.2. The van der Waals surface area contributed by atoms with Crippen molar-refractivity contribution in [1.82, 2.24) is 4.98 Å². The summed E-state index contributed by atoms with van der Waals surface area (Å²) in [6.07, 6.45) is 1.39. The molecule has 1 aromatic heterocycles. The van der Waals surface area contributed by atoms with Gasteiger partial charge in [0.15, 0.2) is 0 Å². The van der Waals surface area contributed by atoms with Crippen molar-refractivity contribution in [2.75, 3.05) is 19.5 Å². The van der Waals surface area contributed by atoms with Crippen molar-refractivity contribution < 1.29 is 19.0 Å². The van der Waals surface area contributed by atoms with Gasteiger partial charge in [-0.3, -0.25) is 0 Å². The number of carbonyl (C=O) groups is 1. The van der Waals surface area contributed by atoms with E-state index in [0.717, 1.165) is 16.7 Å². The van der Waals surface area contributed by atoms with Crippen LogP contribution in [0.1, 0.15) is 28.4 Å². The molecule has 3 rings (SSSR count). The normalized spacial score (nSPS) is 10.5. The van der Waals surface area contributed by atoms with Gasteiger partial charge in [-0.05, 0) is 55.7 Å². The molecule has 2 aromatic carbocycles. The van der Waals surface area contributed by atoms with E-state index in [0.29, 0.717) is 22.9 Å². The number of methoxy groups -OCH3 is 1. The molecule has 6 nitrogen and oxygen atoms in total. The van der Waals surface area contributed by atoms with E-state index in [-0.39, 0.29) is 17.9 Å². The van der Waals surface area contributed by atoms with E-state index < -0.39 is 5.97 Å². The third-order valence-corrected chi connectivity index (χ3v) is 4.63. The standard InChI is InChI=1S/C23H24N2O4/c1-5-28-23(26)17-13-25-22(29-16-9-7-6-8-10-16)20(21(17)24)19-14(2)11-12-18(27-4)15(19)3/h6-13H,5H2,1-4H3,(H2,24,25). The number of para-hydroxylation sites is 1. The van der Waals surface area contributed by atoms with Crippen LogP contribution in [0.5, 0.6) is 17.4 Å². The summed E-state index contributed by atoms with van der Waals surface area (Å²) in [5.74, 6) is 1.10. The highest BCUT2D eigenvalue weighted by atomic mass is 16.5. The monoisotopic (exact) mass is 392 g/mol. The molecule has 0 saturated carbocycles. The summed E-state index contributed by atoms with van der Waals surface area (Å²) in [4.78, 5) is 16.8. The summed E-state index contributed by atoms with van der Waals surface area (Å²) in [6.45, 7) is 5.88. The summed E-state index contributed by atoms with van der Waals surface area (Å²) >= 11 is 0. The highest BCUT2D eigenvalue weighted by Crippen LogP contribution is 2.43. The molecule has 0 unspecified atom stereocenters. The van der Waals surface area contributed by atoms with E-state index in [9.17, 15) is 4.79 Å². The van der Waals surface area contributed by atoms with Crippen molar-refractivity contribution in [1.29, 1.82) is 0 Å².